The Labute approximate surface area is 145 Å². The fourth-order valence-electron chi connectivity index (χ4n) is 2.37. The molecule has 0 amide bonds. The van der Waals surface area contributed by atoms with E-state index in [2.05, 4.69) is 24.4 Å². The normalized spacial score (nSPS) is 15.6. The molecule has 0 radical (unpaired) electrons. The first kappa shape index (κ1) is 20.6. The van der Waals surface area contributed by atoms with Crippen LogP contribution in [0.5, 0.6) is 0 Å². The summed E-state index contributed by atoms with van der Waals surface area (Å²) in [5.41, 5.74) is 0.661. The number of carbonyl (C=O) groups is 1. The number of methoxy groups -OCH3 is 1. The number of carbonyl (C=O) groups excluding carboxylic acids is 1. The van der Waals surface area contributed by atoms with E-state index in [1.807, 2.05) is 45.9 Å². The third kappa shape index (κ3) is 7.90. The number of ether oxygens (including phenoxy) is 3. The van der Waals surface area contributed by atoms with E-state index >= 15 is 0 Å². The van der Waals surface area contributed by atoms with Gasteiger partial charge in [-0.15, -0.1) is 0 Å². The van der Waals surface area contributed by atoms with Gasteiger partial charge < -0.3 is 19.5 Å². The Morgan fingerprint density at radius 1 is 1.17 bits per heavy atom. The van der Waals surface area contributed by atoms with E-state index in [0.29, 0.717) is 0 Å². The molecule has 0 aromatic heterocycles. The molecule has 0 saturated heterocycles. The summed E-state index contributed by atoms with van der Waals surface area (Å²) in [6.07, 6.45) is 0.0444. The maximum absolute atomic E-state index is 12.2. The number of hydrogen-bond donors (Lipinski definition) is 1. The summed E-state index contributed by atoms with van der Waals surface area (Å²) < 4.78 is 16.0. The van der Waals surface area contributed by atoms with Crippen molar-refractivity contribution >= 4 is 5.97 Å². The highest BCUT2D eigenvalue weighted by Gasteiger charge is 2.26. The minimum atomic E-state index is -0.497. The van der Waals surface area contributed by atoms with Crippen LogP contribution in [0.15, 0.2) is 30.3 Å². The zero-order valence-corrected chi connectivity index (χ0v) is 15.7. The molecular weight excluding hydrogens is 306 g/mol. The quantitative estimate of drug-likeness (QED) is 0.552. The van der Waals surface area contributed by atoms with Gasteiger partial charge in [0.15, 0.2) is 0 Å². The second kappa shape index (κ2) is 9.77. The van der Waals surface area contributed by atoms with Crippen molar-refractivity contribution in [2.24, 2.45) is 0 Å². The van der Waals surface area contributed by atoms with Gasteiger partial charge in [-0.1, -0.05) is 30.3 Å². The number of benzene rings is 1. The Morgan fingerprint density at radius 2 is 1.79 bits per heavy atom. The van der Waals surface area contributed by atoms with Crippen molar-refractivity contribution in [3.05, 3.63) is 35.9 Å². The first-order valence-corrected chi connectivity index (χ1v) is 8.36. The van der Waals surface area contributed by atoms with Gasteiger partial charge in [0.1, 0.15) is 12.4 Å². The lowest BCUT2D eigenvalue weighted by molar-refractivity contribution is -0.157. The largest absolute Gasteiger partial charge is 0.460 e. The van der Waals surface area contributed by atoms with Gasteiger partial charge in [-0.05, 0) is 40.2 Å². The summed E-state index contributed by atoms with van der Waals surface area (Å²) in [6.45, 7) is 9.78. The lowest BCUT2D eigenvalue weighted by atomic mass is 10.0. The summed E-state index contributed by atoms with van der Waals surface area (Å²) in [7, 11) is 1.58. The Hall–Kier alpha value is -1.43. The first-order valence-electron chi connectivity index (χ1n) is 8.36. The van der Waals surface area contributed by atoms with Crippen LogP contribution in [0.3, 0.4) is 0 Å². The lowest BCUT2D eigenvalue weighted by Crippen LogP contribution is -2.43. The van der Waals surface area contributed by atoms with Crippen LogP contribution in [0.25, 0.3) is 0 Å². The highest BCUT2D eigenvalue weighted by molar-refractivity contribution is 5.70. The summed E-state index contributed by atoms with van der Waals surface area (Å²) in [5.74, 6) is -0.242. The molecule has 5 heteroatoms. The number of hydrogen-bond acceptors (Lipinski definition) is 5. The molecule has 1 aromatic rings. The van der Waals surface area contributed by atoms with Crippen LogP contribution in [-0.2, 0) is 19.0 Å². The Bertz CT molecular complexity index is 484. The fraction of sp³-hybridized carbons (Fsp3) is 0.632. The highest BCUT2D eigenvalue weighted by atomic mass is 16.7. The fourth-order valence-corrected chi connectivity index (χ4v) is 2.37. The van der Waals surface area contributed by atoms with Gasteiger partial charge in [-0.25, -0.2) is 0 Å². The van der Waals surface area contributed by atoms with Crippen LogP contribution in [0, 0.1) is 0 Å². The zero-order chi connectivity index (χ0) is 18.2. The Kier molecular flexibility index (Phi) is 8.39. The van der Waals surface area contributed by atoms with E-state index in [9.17, 15) is 4.79 Å². The molecule has 0 aliphatic carbocycles. The van der Waals surface area contributed by atoms with Gasteiger partial charge >= 0.3 is 5.97 Å². The number of esters is 1. The molecule has 0 aliphatic heterocycles. The van der Waals surface area contributed by atoms with Gasteiger partial charge in [0.2, 0.25) is 0 Å². The average molecular weight is 337 g/mol. The van der Waals surface area contributed by atoms with E-state index in [1.165, 1.54) is 0 Å². The Balaban J connectivity index is 2.75. The first-order chi connectivity index (χ1) is 11.2. The molecule has 0 aliphatic rings. The number of rotatable bonds is 9. The van der Waals surface area contributed by atoms with E-state index < -0.39 is 5.60 Å². The third-order valence-electron chi connectivity index (χ3n) is 3.59. The summed E-state index contributed by atoms with van der Waals surface area (Å²) >= 11 is 0. The van der Waals surface area contributed by atoms with E-state index in [0.717, 1.165) is 5.56 Å². The van der Waals surface area contributed by atoms with Crippen molar-refractivity contribution < 1.29 is 19.0 Å². The van der Waals surface area contributed by atoms with Crippen LogP contribution < -0.4 is 5.32 Å². The van der Waals surface area contributed by atoms with E-state index in [4.69, 9.17) is 14.2 Å². The van der Waals surface area contributed by atoms with E-state index in [1.54, 1.807) is 7.11 Å². The molecule has 1 aromatic carbocycles. The SMILES string of the molecule is COCO[C@H](C)[C@H](CC(=O)OC(C)(C)C)N[C@H](C)c1ccccc1. The molecule has 0 saturated carbocycles. The maximum atomic E-state index is 12.2. The molecule has 0 heterocycles. The molecule has 136 valence electrons. The molecule has 0 bridgehead atoms. The van der Waals surface area contributed by atoms with Crippen LogP contribution in [0.4, 0.5) is 0 Å². The van der Waals surface area contributed by atoms with Crippen LogP contribution in [-0.4, -0.2) is 37.6 Å². The van der Waals surface area contributed by atoms with Crippen LogP contribution >= 0.6 is 0 Å². The third-order valence-corrected chi connectivity index (χ3v) is 3.59. The molecule has 3 atom stereocenters. The van der Waals surface area contributed by atoms with Gasteiger partial charge in [0, 0.05) is 19.2 Å². The molecule has 24 heavy (non-hydrogen) atoms. The second-order valence-electron chi connectivity index (χ2n) is 6.97. The smallest absolute Gasteiger partial charge is 0.307 e. The zero-order valence-electron chi connectivity index (χ0n) is 15.7. The average Bonchev–Trinajstić information content (AvgIpc) is 2.50. The molecule has 1 N–H and O–H groups in total. The topological polar surface area (TPSA) is 56.8 Å². The summed E-state index contributed by atoms with van der Waals surface area (Å²) in [5, 5.41) is 3.48. The maximum Gasteiger partial charge on any atom is 0.307 e. The van der Waals surface area contributed by atoms with Crippen LogP contribution in [0.2, 0.25) is 0 Å². The molecule has 0 unspecified atom stereocenters. The predicted molar refractivity (Wildman–Crippen MR) is 94.7 cm³/mol. The van der Waals surface area contributed by atoms with Crippen molar-refractivity contribution in [2.45, 2.75) is 64.8 Å². The molecule has 5 nitrogen and oxygen atoms in total. The number of nitrogens with one attached hydrogen (secondary N) is 1. The minimum Gasteiger partial charge on any atom is -0.460 e. The molecule has 0 spiro atoms. The Morgan fingerprint density at radius 3 is 2.33 bits per heavy atom. The molecule has 1 rings (SSSR count). The highest BCUT2D eigenvalue weighted by Crippen LogP contribution is 2.17. The van der Waals surface area contributed by atoms with Crippen molar-refractivity contribution in [3.8, 4) is 0 Å². The summed E-state index contributed by atoms with van der Waals surface area (Å²) in [6, 6.07) is 10.0. The lowest BCUT2D eigenvalue weighted by Gasteiger charge is -2.29. The van der Waals surface area contributed by atoms with Gasteiger partial charge in [0.05, 0.1) is 12.5 Å². The molecule has 0 fully saturated rings. The van der Waals surface area contributed by atoms with Gasteiger partial charge in [-0.3, -0.25) is 4.79 Å². The van der Waals surface area contributed by atoms with Gasteiger partial charge in [0.25, 0.3) is 0 Å². The summed E-state index contributed by atoms with van der Waals surface area (Å²) in [4.78, 5) is 12.2. The van der Waals surface area contributed by atoms with Crippen molar-refractivity contribution in [1.82, 2.24) is 5.32 Å². The van der Waals surface area contributed by atoms with Crippen molar-refractivity contribution in [2.75, 3.05) is 13.9 Å². The second-order valence-corrected chi connectivity index (χ2v) is 6.97. The predicted octanol–water partition coefficient (Wildman–Crippen LogP) is 3.45. The standard InChI is InChI=1S/C19H31NO4/c1-14(16-10-8-7-9-11-16)20-17(15(2)23-13-22-6)12-18(21)24-19(3,4)5/h7-11,14-15,17,20H,12-13H2,1-6H3/t14-,15-,17+/m1/s1. The van der Waals surface area contributed by atoms with Crippen molar-refractivity contribution in [3.63, 3.8) is 0 Å². The van der Waals surface area contributed by atoms with E-state index in [-0.39, 0.29) is 37.4 Å². The minimum absolute atomic E-state index is 0.0900. The molecular formula is C19H31NO4. The van der Waals surface area contributed by atoms with Crippen LogP contribution in [0.1, 0.15) is 52.6 Å². The monoisotopic (exact) mass is 337 g/mol. The van der Waals surface area contributed by atoms with Gasteiger partial charge in [-0.2, -0.15) is 0 Å². The van der Waals surface area contributed by atoms with Crippen molar-refractivity contribution in [1.29, 1.82) is 0 Å².